The quantitative estimate of drug-likeness (QED) is 0.881. The third-order valence-electron chi connectivity index (χ3n) is 3.79. The number of nitrogen functional groups attached to an aromatic ring is 1. The fourth-order valence-electron chi connectivity index (χ4n) is 2.56. The van der Waals surface area contributed by atoms with Gasteiger partial charge in [-0.25, -0.2) is 4.98 Å². The highest BCUT2D eigenvalue weighted by molar-refractivity contribution is 5.63. The van der Waals surface area contributed by atoms with Gasteiger partial charge in [0.2, 0.25) is 5.95 Å². The molecule has 3 rings (SSSR count). The summed E-state index contributed by atoms with van der Waals surface area (Å²) in [6.45, 7) is 1.55. The Labute approximate surface area is 130 Å². The van der Waals surface area contributed by atoms with E-state index in [-0.39, 0.29) is 16.2 Å². The summed E-state index contributed by atoms with van der Waals surface area (Å²) in [6.07, 6.45) is -1.61. The Morgan fingerprint density at radius 3 is 2.74 bits per heavy atom. The van der Waals surface area contributed by atoms with Crippen molar-refractivity contribution in [2.75, 3.05) is 30.8 Å². The second-order valence-electron chi connectivity index (χ2n) is 5.33. The molecule has 3 N–H and O–H groups in total. The summed E-state index contributed by atoms with van der Waals surface area (Å²) < 4.78 is 37.8. The minimum Gasteiger partial charge on any atom is -0.368 e. The third kappa shape index (κ3) is 3.21. The Kier molecular flexibility index (Phi) is 3.84. The molecule has 2 aromatic heterocycles. The van der Waals surface area contributed by atoms with Crippen LogP contribution in [0.25, 0.3) is 11.3 Å². The largest absolute Gasteiger partial charge is 0.504 e. The summed E-state index contributed by atoms with van der Waals surface area (Å²) >= 11 is 0. The molecule has 10 heteroatoms. The number of hydrogen-bond donors (Lipinski definition) is 2. The molecule has 7 nitrogen and oxygen atoms in total. The van der Waals surface area contributed by atoms with Gasteiger partial charge in [-0.2, -0.15) is 14.8 Å². The van der Waals surface area contributed by atoms with Gasteiger partial charge in [0.25, 0.3) is 0 Å². The lowest BCUT2D eigenvalue weighted by Crippen LogP contribution is -2.30. The van der Waals surface area contributed by atoms with Gasteiger partial charge < -0.3 is 16.0 Å². The number of nitrogens with zero attached hydrogens (tertiary/aromatic N) is 5. The molecule has 1 saturated heterocycles. The number of nitrogens with one attached hydrogen (secondary N) is 1. The molecule has 0 aromatic carbocycles. The minimum atomic E-state index is -4.56. The summed E-state index contributed by atoms with van der Waals surface area (Å²) in [5, 5.41) is 6.50. The van der Waals surface area contributed by atoms with Crippen molar-refractivity contribution in [1.29, 1.82) is 0 Å². The second kappa shape index (κ2) is 5.69. The molecule has 2 aromatic rings. The molecule has 0 bridgehead atoms. The molecule has 124 valence electrons. The highest BCUT2D eigenvalue weighted by Gasteiger charge is 2.32. The van der Waals surface area contributed by atoms with Crippen molar-refractivity contribution >= 4 is 11.8 Å². The van der Waals surface area contributed by atoms with E-state index in [9.17, 15) is 13.2 Å². The number of aromatic nitrogens is 4. The Balaban J connectivity index is 1.90. The summed E-state index contributed by atoms with van der Waals surface area (Å²) in [4.78, 5) is 10.2. The van der Waals surface area contributed by atoms with Crippen LogP contribution in [0, 0.1) is 0 Å². The number of hydrogen-bond acceptors (Lipinski definition) is 6. The molecule has 1 aliphatic rings. The fraction of sp³-hybridized carbons (Fsp3) is 0.462. The van der Waals surface area contributed by atoms with E-state index >= 15 is 0 Å². The van der Waals surface area contributed by atoms with Crippen LogP contribution in [0.15, 0.2) is 18.5 Å². The molecule has 1 aliphatic heterocycles. The van der Waals surface area contributed by atoms with Gasteiger partial charge in [0.1, 0.15) is 5.82 Å². The van der Waals surface area contributed by atoms with E-state index in [0.717, 1.165) is 31.9 Å². The van der Waals surface area contributed by atoms with Crippen LogP contribution >= 0.6 is 0 Å². The Morgan fingerprint density at radius 1 is 1.35 bits per heavy atom. The lowest BCUT2D eigenvalue weighted by atomic mass is 10.2. The van der Waals surface area contributed by atoms with E-state index in [0.29, 0.717) is 17.6 Å². The number of anilines is 2. The minimum absolute atomic E-state index is 0.0187. The SMILES string of the molecule is CN[C@@H]1CCN(c2cc(-c3cnn(C(F)(F)F)c3)nc(N)n2)C1. The summed E-state index contributed by atoms with van der Waals surface area (Å²) in [6, 6.07) is 1.98. The predicted octanol–water partition coefficient (Wildman–Crippen LogP) is 1.20. The van der Waals surface area contributed by atoms with Gasteiger partial charge in [0.15, 0.2) is 0 Å². The van der Waals surface area contributed by atoms with Crippen LogP contribution in [0.4, 0.5) is 24.9 Å². The van der Waals surface area contributed by atoms with E-state index in [1.54, 1.807) is 6.07 Å². The molecule has 1 fully saturated rings. The van der Waals surface area contributed by atoms with Crippen LogP contribution in [0.3, 0.4) is 0 Å². The van der Waals surface area contributed by atoms with Gasteiger partial charge in [-0.05, 0) is 13.5 Å². The molecule has 0 unspecified atom stereocenters. The maximum atomic E-state index is 12.6. The lowest BCUT2D eigenvalue weighted by Gasteiger charge is -2.18. The number of rotatable bonds is 3. The number of alkyl halides is 3. The van der Waals surface area contributed by atoms with Gasteiger partial charge in [-0.3, -0.25) is 0 Å². The number of likely N-dealkylation sites (N-methyl/N-ethyl adjacent to an activating group) is 1. The lowest BCUT2D eigenvalue weighted by molar-refractivity contribution is -0.212. The topological polar surface area (TPSA) is 84.9 Å². The Morgan fingerprint density at radius 2 is 2.13 bits per heavy atom. The van der Waals surface area contributed by atoms with Gasteiger partial charge >= 0.3 is 6.30 Å². The van der Waals surface area contributed by atoms with Crippen molar-refractivity contribution in [3.63, 3.8) is 0 Å². The van der Waals surface area contributed by atoms with Crippen molar-refractivity contribution in [2.24, 2.45) is 0 Å². The maximum Gasteiger partial charge on any atom is 0.504 e. The summed E-state index contributed by atoms with van der Waals surface area (Å²) in [5.74, 6) is 0.621. The zero-order valence-corrected chi connectivity index (χ0v) is 12.4. The van der Waals surface area contributed by atoms with Crippen molar-refractivity contribution < 1.29 is 13.2 Å². The number of nitrogens with two attached hydrogens (primary N) is 1. The molecule has 23 heavy (non-hydrogen) atoms. The molecular weight excluding hydrogens is 311 g/mol. The van der Waals surface area contributed by atoms with Crippen LogP contribution in [-0.4, -0.2) is 45.9 Å². The van der Waals surface area contributed by atoms with E-state index < -0.39 is 6.30 Å². The molecular formula is C13H16F3N7. The van der Waals surface area contributed by atoms with E-state index in [4.69, 9.17) is 5.73 Å². The first kappa shape index (κ1) is 15.5. The van der Waals surface area contributed by atoms with Gasteiger partial charge in [-0.15, -0.1) is 13.2 Å². The van der Waals surface area contributed by atoms with Crippen LogP contribution in [0.2, 0.25) is 0 Å². The average molecular weight is 327 g/mol. The monoisotopic (exact) mass is 327 g/mol. The van der Waals surface area contributed by atoms with E-state index in [2.05, 4.69) is 20.4 Å². The zero-order chi connectivity index (χ0) is 16.6. The van der Waals surface area contributed by atoms with Crippen molar-refractivity contribution in [2.45, 2.75) is 18.8 Å². The summed E-state index contributed by atoms with van der Waals surface area (Å²) in [5.41, 5.74) is 6.26. The zero-order valence-electron chi connectivity index (χ0n) is 12.4. The standard InChI is InChI=1S/C13H16F3N7/c1-18-9-2-3-22(7-9)11-4-10(20-12(17)21-11)8-5-19-23(6-8)13(14,15)16/h4-6,9,18H,2-3,7H2,1H3,(H2,17,20,21)/t9-/m1/s1. The van der Waals surface area contributed by atoms with Gasteiger partial charge in [0.05, 0.1) is 11.9 Å². The fourth-order valence-corrected chi connectivity index (χ4v) is 2.56. The summed E-state index contributed by atoms with van der Waals surface area (Å²) in [7, 11) is 1.89. The van der Waals surface area contributed by atoms with Crippen molar-refractivity contribution in [3.8, 4) is 11.3 Å². The molecule has 0 radical (unpaired) electrons. The molecule has 0 saturated carbocycles. The second-order valence-corrected chi connectivity index (χ2v) is 5.33. The van der Waals surface area contributed by atoms with E-state index in [1.165, 1.54) is 0 Å². The Hall–Kier alpha value is -2.36. The molecule has 1 atom stereocenters. The normalized spacial score (nSPS) is 18.6. The highest BCUT2D eigenvalue weighted by atomic mass is 19.4. The molecule has 0 amide bonds. The first-order valence-electron chi connectivity index (χ1n) is 7.06. The van der Waals surface area contributed by atoms with Crippen LogP contribution in [-0.2, 0) is 6.30 Å². The Bertz CT molecular complexity index is 697. The predicted molar refractivity (Wildman–Crippen MR) is 78.6 cm³/mol. The molecule has 0 spiro atoms. The van der Waals surface area contributed by atoms with E-state index in [1.807, 2.05) is 11.9 Å². The smallest absolute Gasteiger partial charge is 0.368 e. The first-order valence-corrected chi connectivity index (χ1v) is 7.06. The van der Waals surface area contributed by atoms with Crippen molar-refractivity contribution in [3.05, 3.63) is 18.5 Å². The molecule has 3 heterocycles. The highest BCUT2D eigenvalue weighted by Crippen LogP contribution is 2.27. The van der Waals surface area contributed by atoms with Crippen LogP contribution < -0.4 is 16.0 Å². The molecule has 0 aliphatic carbocycles. The number of halogens is 3. The average Bonchev–Trinajstić information content (AvgIpc) is 3.15. The maximum absolute atomic E-state index is 12.6. The first-order chi connectivity index (χ1) is 10.9. The van der Waals surface area contributed by atoms with Gasteiger partial charge in [0, 0.05) is 37.0 Å². The van der Waals surface area contributed by atoms with Crippen LogP contribution in [0.5, 0.6) is 0 Å². The van der Waals surface area contributed by atoms with Crippen LogP contribution in [0.1, 0.15) is 6.42 Å². The van der Waals surface area contributed by atoms with Gasteiger partial charge in [-0.1, -0.05) is 0 Å². The third-order valence-corrected chi connectivity index (χ3v) is 3.79. The van der Waals surface area contributed by atoms with Crippen molar-refractivity contribution in [1.82, 2.24) is 25.1 Å².